The zero-order chi connectivity index (χ0) is 13.6. The molecule has 19 heavy (non-hydrogen) atoms. The average Bonchev–Trinajstić information content (AvgIpc) is 2.88. The first-order chi connectivity index (χ1) is 9.00. The van der Waals surface area contributed by atoms with Crippen LogP contribution in [0.15, 0.2) is 36.8 Å². The Morgan fingerprint density at radius 2 is 2.05 bits per heavy atom. The summed E-state index contributed by atoms with van der Waals surface area (Å²) >= 11 is 0. The molecule has 0 aliphatic carbocycles. The Kier molecular flexibility index (Phi) is 2.59. The van der Waals surface area contributed by atoms with E-state index < -0.39 is 12.0 Å². The standard InChI is InChI=1S/C14H14F2N2O/c1-14(2)12(9-5-3-4-6-11(9)19-14)18-8-17-7-10(18)13(15)16/h3-8,12-13H,1-2H3/t12-/m0/s1. The SMILES string of the molecule is CC1(C)Oc2ccccc2[C@@H]1n1cncc1C(F)F. The molecule has 1 aliphatic rings. The molecule has 3 nitrogen and oxygen atoms in total. The van der Waals surface area contributed by atoms with Gasteiger partial charge in [-0.05, 0) is 19.9 Å². The largest absolute Gasteiger partial charge is 0.485 e. The average molecular weight is 264 g/mol. The van der Waals surface area contributed by atoms with Crippen molar-refractivity contribution in [2.45, 2.75) is 31.9 Å². The van der Waals surface area contributed by atoms with Crippen LogP contribution in [0, 0.1) is 0 Å². The smallest absolute Gasteiger partial charge is 0.280 e. The van der Waals surface area contributed by atoms with Gasteiger partial charge in [-0.15, -0.1) is 0 Å². The molecule has 2 aromatic rings. The summed E-state index contributed by atoms with van der Waals surface area (Å²) in [5.74, 6) is 0.742. The third kappa shape index (κ3) is 1.80. The molecule has 1 aromatic carbocycles. The predicted octanol–water partition coefficient (Wildman–Crippen LogP) is 3.58. The van der Waals surface area contributed by atoms with E-state index in [1.165, 1.54) is 17.1 Å². The fourth-order valence-corrected chi connectivity index (χ4v) is 2.70. The number of alkyl halides is 2. The number of para-hydroxylation sites is 1. The lowest BCUT2D eigenvalue weighted by molar-refractivity contribution is 0.0875. The molecular weight excluding hydrogens is 250 g/mol. The van der Waals surface area contributed by atoms with E-state index in [4.69, 9.17) is 4.74 Å². The normalized spacial score (nSPS) is 20.4. The fourth-order valence-electron chi connectivity index (χ4n) is 2.70. The zero-order valence-electron chi connectivity index (χ0n) is 10.7. The van der Waals surface area contributed by atoms with Gasteiger partial charge in [0.1, 0.15) is 23.1 Å². The van der Waals surface area contributed by atoms with E-state index >= 15 is 0 Å². The van der Waals surface area contributed by atoms with Crippen LogP contribution in [0.4, 0.5) is 8.78 Å². The second kappa shape index (κ2) is 4.05. The third-order valence-corrected chi connectivity index (χ3v) is 3.44. The number of nitrogens with zero attached hydrogens (tertiary/aromatic N) is 2. The van der Waals surface area contributed by atoms with Gasteiger partial charge in [0.15, 0.2) is 0 Å². The number of imidazole rings is 1. The third-order valence-electron chi connectivity index (χ3n) is 3.44. The number of ether oxygens (including phenoxy) is 1. The molecule has 0 unspecified atom stereocenters. The minimum absolute atomic E-state index is 0.0848. The Morgan fingerprint density at radius 1 is 1.32 bits per heavy atom. The Labute approximate surface area is 109 Å². The highest BCUT2D eigenvalue weighted by atomic mass is 19.3. The second-order valence-electron chi connectivity index (χ2n) is 5.17. The number of aromatic nitrogens is 2. The van der Waals surface area contributed by atoms with Crippen LogP contribution in [0.1, 0.15) is 37.6 Å². The van der Waals surface area contributed by atoms with E-state index in [1.54, 1.807) is 0 Å². The predicted molar refractivity (Wildman–Crippen MR) is 66.5 cm³/mol. The van der Waals surface area contributed by atoms with Gasteiger partial charge in [0.2, 0.25) is 0 Å². The molecule has 100 valence electrons. The molecule has 0 bridgehead atoms. The van der Waals surface area contributed by atoms with Crippen LogP contribution >= 0.6 is 0 Å². The molecule has 1 atom stereocenters. The summed E-state index contributed by atoms with van der Waals surface area (Å²) in [6.45, 7) is 3.79. The van der Waals surface area contributed by atoms with Crippen molar-refractivity contribution in [3.63, 3.8) is 0 Å². The minimum Gasteiger partial charge on any atom is -0.485 e. The summed E-state index contributed by atoms with van der Waals surface area (Å²) in [4.78, 5) is 3.85. The molecule has 2 heterocycles. The van der Waals surface area contributed by atoms with Crippen molar-refractivity contribution in [1.82, 2.24) is 9.55 Å². The van der Waals surface area contributed by atoms with E-state index in [9.17, 15) is 8.78 Å². The number of fused-ring (bicyclic) bond motifs is 1. The number of halogens is 2. The summed E-state index contributed by atoms with van der Waals surface area (Å²) < 4.78 is 33.5. The van der Waals surface area contributed by atoms with Crippen molar-refractivity contribution >= 4 is 0 Å². The Balaban J connectivity index is 2.15. The van der Waals surface area contributed by atoms with Gasteiger partial charge in [0.05, 0.1) is 12.5 Å². The van der Waals surface area contributed by atoms with E-state index in [1.807, 2.05) is 38.1 Å². The maximum atomic E-state index is 13.0. The van der Waals surface area contributed by atoms with Crippen molar-refractivity contribution in [3.8, 4) is 5.75 Å². The van der Waals surface area contributed by atoms with Gasteiger partial charge in [-0.25, -0.2) is 13.8 Å². The molecule has 1 aromatic heterocycles. The molecule has 0 fully saturated rings. The lowest BCUT2D eigenvalue weighted by Gasteiger charge is -2.28. The molecule has 0 saturated carbocycles. The quantitative estimate of drug-likeness (QED) is 0.829. The van der Waals surface area contributed by atoms with Crippen LogP contribution < -0.4 is 4.74 Å². The molecule has 1 aliphatic heterocycles. The molecule has 0 spiro atoms. The molecule has 0 saturated heterocycles. The van der Waals surface area contributed by atoms with Gasteiger partial charge in [0, 0.05) is 5.56 Å². The number of benzene rings is 1. The monoisotopic (exact) mass is 264 g/mol. The van der Waals surface area contributed by atoms with Crippen molar-refractivity contribution < 1.29 is 13.5 Å². The van der Waals surface area contributed by atoms with Crippen LogP contribution in [0.5, 0.6) is 5.75 Å². The lowest BCUT2D eigenvalue weighted by atomic mass is 9.94. The molecule has 5 heteroatoms. The molecule has 0 N–H and O–H groups in total. The minimum atomic E-state index is -2.55. The number of hydrogen-bond donors (Lipinski definition) is 0. The maximum Gasteiger partial charge on any atom is 0.280 e. The van der Waals surface area contributed by atoms with Crippen LogP contribution in [0.25, 0.3) is 0 Å². The van der Waals surface area contributed by atoms with Gasteiger partial charge in [0.25, 0.3) is 6.43 Å². The first kappa shape index (κ1) is 12.1. The first-order valence-electron chi connectivity index (χ1n) is 6.08. The highest BCUT2D eigenvalue weighted by Crippen LogP contribution is 2.46. The molecule has 0 amide bonds. The van der Waals surface area contributed by atoms with E-state index in [2.05, 4.69) is 4.98 Å². The summed E-state index contributed by atoms with van der Waals surface area (Å²) in [6.07, 6.45) is 0.104. The van der Waals surface area contributed by atoms with Crippen LogP contribution in [-0.2, 0) is 0 Å². The van der Waals surface area contributed by atoms with Gasteiger partial charge < -0.3 is 9.30 Å². The fraction of sp³-hybridized carbons (Fsp3) is 0.357. The van der Waals surface area contributed by atoms with Crippen LogP contribution in [0.3, 0.4) is 0 Å². The van der Waals surface area contributed by atoms with Crippen molar-refractivity contribution in [3.05, 3.63) is 48.0 Å². The summed E-state index contributed by atoms with van der Waals surface area (Å²) in [5.41, 5.74) is 0.236. The number of hydrogen-bond acceptors (Lipinski definition) is 2. The lowest BCUT2D eigenvalue weighted by Crippen LogP contribution is -2.35. The summed E-state index contributed by atoms with van der Waals surface area (Å²) in [6, 6.07) is 7.23. The topological polar surface area (TPSA) is 27.1 Å². The summed E-state index contributed by atoms with van der Waals surface area (Å²) in [7, 11) is 0. The molecule has 3 rings (SSSR count). The van der Waals surface area contributed by atoms with Gasteiger partial charge in [-0.2, -0.15) is 0 Å². The van der Waals surface area contributed by atoms with Crippen molar-refractivity contribution in [1.29, 1.82) is 0 Å². The van der Waals surface area contributed by atoms with E-state index in [-0.39, 0.29) is 11.7 Å². The van der Waals surface area contributed by atoms with Crippen LogP contribution in [0.2, 0.25) is 0 Å². The zero-order valence-corrected chi connectivity index (χ0v) is 10.7. The van der Waals surface area contributed by atoms with E-state index in [0.717, 1.165) is 11.3 Å². The highest BCUT2D eigenvalue weighted by Gasteiger charge is 2.43. The highest BCUT2D eigenvalue weighted by molar-refractivity contribution is 5.43. The second-order valence-corrected chi connectivity index (χ2v) is 5.17. The Bertz CT molecular complexity index is 607. The van der Waals surface area contributed by atoms with Crippen molar-refractivity contribution in [2.75, 3.05) is 0 Å². The Hall–Kier alpha value is -1.91. The molecular formula is C14H14F2N2O. The Morgan fingerprint density at radius 3 is 2.79 bits per heavy atom. The maximum absolute atomic E-state index is 13.0. The molecule has 0 radical (unpaired) electrons. The van der Waals surface area contributed by atoms with Crippen molar-refractivity contribution in [2.24, 2.45) is 0 Å². The van der Waals surface area contributed by atoms with Gasteiger partial charge in [-0.1, -0.05) is 18.2 Å². The summed E-state index contributed by atoms with van der Waals surface area (Å²) in [5, 5.41) is 0. The van der Waals surface area contributed by atoms with E-state index in [0.29, 0.717) is 0 Å². The number of rotatable bonds is 2. The first-order valence-corrected chi connectivity index (χ1v) is 6.08. The van der Waals surface area contributed by atoms with Gasteiger partial charge in [-0.3, -0.25) is 0 Å². The van der Waals surface area contributed by atoms with Crippen LogP contribution in [-0.4, -0.2) is 15.2 Å². The van der Waals surface area contributed by atoms with Gasteiger partial charge >= 0.3 is 0 Å².